The van der Waals surface area contributed by atoms with Gasteiger partial charge in [-0.1, -0.05) is 65.4 Å². The highest BCUT2D eigenvalue weighted by atomic mass is 32.2. The molecule has 6 atom stereocenters. The van der Waals surface area contributed by atoms with Crippen LogP contribution < -0.4 is 21.3 Å². The fourth-order valence-electron chi connectivity index (χ4n) is 8.36. The van der Waals surface area contributed by atoms with E-state index in [1.165, 1.54) is 10.4 Å². The van der Waals surface area contributed by atoms with Crippen LogP contribution in [0.2, 0.25) is 0 Å². The Kier molecular flexibility index (Phi) is 12.3. The smallest absolute Gasteiger partial charge is 0.315 e. The number of carbonyl (C=O) groups excluding carboxylic acids is 5. The Morgan fingerprint density at radius 2 is 1.62 bits per heavy atom. The number of hydrogen-bond acceptors (Lipinski definition) is 7. The van der Waals surface area contributed by atoms with Gasteiger partial charge in [0.1, 0.15) is 12.1 Å². The lowest BCUT2D eigenvalue weighted by Crippen LogP contribution is -2.61. The van der Waals surface area contributed by atoms with Crippen molar-refractivity contribution in [2.24, 2.45) is 29.1 Å². The van der Waals surface area contributed by atoms with Crippen molar-refractivity contribution >= 4 is 39.6 Å². The number of hydrogen-bond donors (Lipinski definition) is 4. The molecule has 1 unspecified atom stereocenters. The summed E-state index contributed by atoms with van der Waals surface area (Å²) in [6.07, 6.45) is 11.5. The zero-order valence-electron chi connectivity index (χ0n) is 30.1. The average Bonchev–Trinajstić information content (AvgIpc) is 3.51. The third-order valence-corrected chi connectivity index (χ3v) is 13.8. The monoisotopic (exact) mass is 718 g/mol. The van der Waals surface area contributed by atoms with E-state index in [9.17, 15) is 32.4 Å². The number of carbonyl (C=O) groups is 5. The van der Waals surface area contributed by atoms with Gasteiger partial charge in [0.15, 0.2) is 0 Å². The third-order valence-electron chi connectivity index (χ3n) is 11.9. The summed E-state index contributed by atoms with van der Waals surface area (Å²) in [5.41, 5.74) is -0.465. The van der Waals surface area contributed by atoms with Crippen molar-refractivity contribution in [2.75, 3.05) is 31.9 Å². The molecule has 0 spiro atoms. The second-order valence-electron chi connectivity index (χ2n) is 16.3. The molecule has 0 radical (unpaired) electrons. The van der Waals surface area contributed by atoms with Crippen LogP contribution in [0.3, 0.4) is 0 Å². The van der Waals surface area contributed by atoms with Gasteiger partial charge >= 0.3 is 6.03 Å². The molecule has 0 aromatic heterocycles. The van der Waals surface area contributed by atoms with Gasteiger partial charge in [0.25, 0.3) is 5.91 Å². The number of urea groups is 1. The summed E-state index contributed by atoms with van der Waals surface area (Å²) in [5, 5.41) is 11.4. The van der Waals surface area contributed by atoms with Gasteiger partial charge in [-0.15, -0.1) is 6.58 Å². The van der Waals surface area contributed by atoms with E-state index < -0.39 is 63.2 Å². The summed E-state index contributed by atoms with van der Waals surface area (Å²) in [7, 11) is -3.37. The van der Waals surface area contributed by atoms with Crippen molar-refractivity contribution in [3.05, 3.63) is 12.7 Å². The number of nitrogens with zero attached hydrogens (tertiary/aromatic N) is 2. The first-order valence-electron chi connectivity index (χ1n) is 18.8. The molecule has 0 aromatic rings. The highest BCUT2D eigenvalue weighted by molar-refractivity contribution is 7.89. The molecule has 5 fully saturated rings. The fourth-order valence-corrected chi connectivity index (χ4v) is 9.90. The van der Waals surface area contributed by atoms with E-state index in [4.69, 9.17) is 0 Å². The van der Waals surface area contributed by atoms with Gasteiger partial charge in [0.05, 0.1) is 11.8 Å². The Hall–Kier alpha value is -3.00. The van der Waals surface area contributed by atoms with E-state index in [-0.39, 0.29) is 48.4 Å². The van der Waals surface area contributed by atoms with Crippen LogP contribution in [0.4, 0.5) is 4.79 Å². The molecule has 50 heavy (non-hydrogen) atoms. The maximum Gasteiger partial charge on any atom is 0.315 e. The summed E-state index contributed by atoms with van der Waals surface area (Å²) in [4.78, 5) is 70.0. The minimum absolute atomic E-state index is 0.0542. The molecule has 5 rings (SSSR count). The second-order valence-corrected chi connectivity index (χ2v) is 18.4. The van der Waals surface area contributed by atoms with Gasteiger partial charge in [0, 0.05) is 32.2 Å². The molecular formula is C36H58N6O7S. The zero-order valence-corrected chi connectivity index (χ0v) is 30.9. The maximum absolute atomic E-state index is 14.6. The van der Waals surface area contributed by atoms with Crippen molar-refractivity contribution in [1.29, 1.82) is 0 Å². The van der Waals surface area contributed by atoms with Crippen molar-refractivity contribution < 1.29 is 32.4 Å². The lowest BCUT2D eigenvalue weighted by Gasteiger charge is -2.38. The molecule has 2 aliphatic heterocycles. The van der Waals surface area contributed by atoms with Crippen LogP contribution in [0.25, 0.3) is 0 Å². The number of Topliss-reactive ketones (excluding diaryl/α,β-unsaturated/α-hetero) is 1. The predicted molar refractivity (Wildman–Crippen MR) is 189 cm³/mol. The van der Waals surface area contributed by atoms with Crippen molar-refractivity contribution in [1.82, 2.24) is 30.5 Å². The van der Waals surface area contributed by atoms with E-state index >= 15 is 0 Å². The second kappa shape index (κ2) is 16.1. The van der Waals surface area contributed by atoms with Crippen LogP contribution in [0.1, 0.15) is 97.8 Å². The van der Waals surface area contributed by atoms with Crippen LogP contribution in [0.5, 0.6) is 0 Å². The minimum atomic E-state index is -3.37. The summed E-state index contributed by atoms with van der Waals surface area (Å²) in [6, 6.07) is -3.69. The van der Waals surface area contributed by atoms with Gasteiger partial charge in [0.2, 0.25) is 27.6 Å². The van der Waals surface area contributed by atoms with Crippen LogP contribution in [-0.4, -0.2) is 103 Å². The SMILES string of the molecule is C=CCNC(=O)C(=O)C(CC1CCC1)NC(=O)[C@@H]1[C@H]2CC[C@H]2CN1C(=O)[C@@H](NC(=O)N[C@H](CN1CCCS1(=O)=O)C(C)(C)C)C1CCCCC1. The van der Waals surface area contributed by atoms with E-state index in [1.807, 2.05) is 20.8 Å². The van der Waals surface area contributed by atoms with Crippen LogP contribution in [-0.2, 0) is 29.2 Å². The van der Waals surface area contributed by atoms with Crippen LogP contribution >= 0.6 is 0 Å². The van der Waals surface area contributed by atoms with Crippen molar-refractivity contribution in [3.8, 4) is 0 Å². The van der Waals surface area contributed by atoms with Gasteiger partial charge in [-0.25, -0.2) is 13.2 Å². The molecule has 3 aliphatic carbocycles. The Bertz CT molecular complexity index is 1400. The Morgan fingerprint density at radius 1 is 0.900 bits per heavy atom. The van der Waals surface area contributed by atoms with Gasteiger partial charge < -0.3 is 26.2 Å². The van der Waals surface area contributed by atoms with E-state index in [1.54, 1.807) is 4.90 Å². The molecular weight excluding hydrogens is 660 g/mol. The quantitative estimate of drug-likeness (QED) is 0.158. The number of fused-ring (bicyclic) bond motifs is 1. The summed E-state index contributed by atoms with van der Waals surface area (Å²) in [5.74, 6) is -1.86. The molecule has 2 saturated heterocycles. The largest absolute Gasteiger partial charge is 0.346 e. The summed E-state index contributed by atoms with van der Waals surface area (Å²) in [6.45, 7) is 10.5. The van der Waals surface area contributed by atoms with Crippen molar-refractivity contribution in [2.45, 2.75) is 122 Å². The number of rotatable bonds is 14. The lowest BCUT2D eigenvalue weighted by atomic mass is 9.72. The number of likely N-dealkylation sites (tertiary alicyclic amines) is 1. The molecule has 5 amide bonds. The van der Waals surface area contributed by atoms with Gasteiger partial charge in [-0.3, -0.25) is 19.2 Å². The third kappa shape index (κ3) is 8.89. The predicted octanol–water partition coefficient (Wildman–Crippen LogP) is 2.47. The van der Waals surface area contributed by atoms with E-state index in [2.05, 4.69) is 27.8 Å². The first-order chi connectivity index (χ1) is 23.7. The Balaban J connectivity index is 1.33. The van der Waals surface area contributed by atoms with Crippen molar-refractivity contribution in [3.63, 3.8) is 0 Å². The first-order valence-corrected chi connectivity index (χ1v) is 20.4. The number of amides is 5. The molecule has 4 N–H and O–H groups in total. The van der Waals surface area contributed by atoms with Gasteiger partial charge in [-0.05, 0) is 67.6 Å². The fraction of sp³-hybridized carbons (Fsp3) is 0.806. The van der Waals surface area contributed by atoms with E-state index in [0.717, 1.165) is 64.2 Å². The van der Waals surface area contributed by atoms with Crippen LogP contribution in [0, 0.1) is 29.1 Å². The molecule has 2 heterocycles. The molecule has 0 aromatic carbocycles. The standard InChI is InChI=1S/C36H58N6O7S/c1-5-17-37-33(45)31(43)27(20-23-11-9-12-23)38-32(44)30-26-16-15-25(26)21-42(30)34(46)29(24-13-7-6-8-14-24)40-35(47)39-28(36(2,3)4)22-41-18-10-19-50(41,48)49/h5,23-30H,1,6-22H2,2-4H3,(H,37,45)(H,38,44)(H2,39,40,47)/t25-,26-,27?,28+,29-,30-/m0/s1. The minimum Gasteiger partial charge on any atom is -0.346 e. The molecule has 14 heteroatoms. The van der Waals surface area contributed by atoms with E-state index in [0.29, 0.717) is 25.9 Å². The zero-order chi connectivity index (χ0) is 36.2. The highest BCUT2D eigenvalue weighted by Crippen LogP contribution is 2.46. The molecule has 280 valence electrons. The first kappa shape index (κ1) is 38.2. The summed E-state index contributed by atoms with van der Waals surface area (Å²) < 4.78 is 26.6. The normalized spacial score (nSPS) is 27.1. The molecule has 13 nitrogen and oxygen atoms in total. The number of sulfonamides is 1. The molecule has 0 bridgehead atoms. The molecule has 3 saturated carbocycles. The lowest BCUT2D eigenvalue weighted by molar-refractivity contribution is -0.144. The Labute approximate surface area is 297 Å². The number of nitrogens with one attached hydrogen (secondary N) is 4. The highest BCUT2D eigenvalue weighted by Gasteiger charge is 2.54. The maximum atomic E-state index is 14.6. The van der Waals surface area contributed by atoms with Gasteiger partial charge in [-0.2, -0.15) is 4.31 Å². The topological polar surface area (TPSA) is 174 Å². The average molecular weight is 719 g/mol. The Morgan fingerprint density at radius 3 is 2.18 bits per heavy atom. The summed E-state index contributed by atoms with van der Waals surface area (Å²) >= 11 is 0. The molecule has 5 aliphatic rings. The number of ketones is 1. The van der Waals surface area contributed by atoms with Crippen LogP contribution in [0.15, 0.2) is 12.7 Å².